The first-order chi connectivity index (χ1) is 13.0. The van der Waals surface area contributed by atoms with E-state index in [2.05, 4.69) is 12.0 Å². The molecule has 5 nitrogen and oxygen atoms in total. The molecule has 0 atom stereocenters. The lowest BCUT2D eigenvalue weighted by atomic mass is 9.97. The molecule has 3 rings (SSSR count). The highest BCUT2D eigenvalue weighted by Gasteiger charge is 2.23. The molecule has 0 spiro atoms. The Morgan fingerprint density at radius 1 is 1.19 bits per heavy atom. The molecule has 1 N–H and O–H groups in total. The minimum Gasteiger partial charge on any atom is -0.476 e. The zero-order chi connectivity index (χ0) is 19.4. The average Bonchev–Trinajstić information content (AvgIpc) is 2.66. The van der Waals surface area contributed by atoms with Crippen molar-refractivity contribution in [2.75, 3.05) is 0 Å². The number of carboxylic acids is 1. The number of aromatic nitrogens is 1. The Morgan fingerprint density at radius 3 is 2.59 bits per heavy atom. The summed E-state index contributed by atoms with van der Waals surface area (Å²) >= 11 is 6.13. The molecule has 0 aliphatic heterocycles. The van der Waals surface area contributed by atoms with Gasteiger partial charge in [0.25, 0.3) is 5.56 Å². The van der Waals surface area contributed by atoms with Crippen molar-refractivity contribution in [1.82, 2.24) is 4.68 Å². The van der Waals surface area contributed by atoms with Gasteiger partial charge in [-0.2, -0.15) is 9.78 Å². The summed E-state index contributed by atoms with van der Waals surface area (Å²) in [5.41, 5.74) is 0.452. The first-order valence-electron chi connectivity index (χ1n) is 8.74. The molecule has 3 aromatic rings. The number of fused-ring (bicyclic) bond motifs is 1. The third-order valence-corrected chi connectivity index (χ3v) is 4.51. The maximum absolute atomic E-state index is 13.0. The molecule has 0 radical (unpaired) electrons. The van der Waals surface area contributed by atoms with Crippen molar-refractivity contribution in [3.05, 3.63) is 69.6 Å². The second-order valence-electron chi connectivity index (χ2n) is 6.14. The number of nitrogens with zero attached hydrogens (tertiary/aromatic N) is 2. The van der Waals surface area contributed by atoms with Crippen LogP contribution in [0.25, 0.3) is 21.9 Å². The standard InChI is InChI=1S/C21H19ClN2O3/c1-2-3-7-12-23-24-19(21(26)27)18(14-8-5-4-6-9-14)17-13-15(22)10-11-16(17)20(24)25/h4-6,8-13H,2-3,7H2,1H3,(H,26,27)/b23-12+. The number of hydrogen-bond acceptors (Lipinski definition) is 3. The van der Waals surface area contributed by atoms with E-state index in [4.69, 9.17) is 11.6 Å². The molecule has 1 aromatic heterocycles. The van der Waals surface area contributed by atoms with Gasteiger partial charge in [0, 0.05) is 22.2 Å². The predicted molar refractivity (Wildman–Crippen MR) is 109 cm³/mol. The Bertz CT molecular complexity index is 1070. The maximum Gasteiger partial charge on any atom is 0.355 e. The minimum atomic E-state index is -1.22. The number of halogens is 1. The van der Waals surface area contributed by atoms with Gasteiger partial charge < -0.3 is 5.11 Å². The highest BCUT2D eigenvalue weighted by Crippen LogP contribution is 2.32. The molecule has 0 unspecified atom stereocenters. The van der Waals surface area contributed by atoms with Crippen molar-refractivity contribution in [3.63, 3.8) is 0 Å². The molecule has 27 heavy (non-hydrogen) atoms. The van der Waals surface area contributed by atoms with Crippen LogP contribution in [0.5, 0.6) is 0 Å². The van der Waals surface area contributed by atoms with Crippen molar-refractivity contribution in [1.29, 1.82) is 0 Å². The van der Waals surface area contributed by atoms with E-state index in [1.807, 2.05) is 18.2 Å². The van der Waals surface area contributed by atoms with Gasteiger partial charge in [0.1, 0.15) is 0 Å². The van der Waals surface area contributed by atoms with Gasteiger partial charge in [-0.1, -0.05) is 55.3 Å². The molecular formula is C21H19ClN2O3. The summed E-state index contributed by atoms with van der Waals surface area (Å²) in [5, 5.41) is 15.4. The monoisotopic (exact) mass is 382 g/mol. The van der Waals surface area contributed by atoms with Gasteiger partial charge in [-0.25, -0.2) is 4.79 Å². The van der Waals surface area contributed by atoms with Gasteiger partial charge in [-0.05, 0) is 42.0 Å². The summed E-state index contributed by atoms with van der Waals surface area (Å²) in [6, 6.07) is 13.9. The number of pyridine rings is 1. The number of carboxylic acid groups (broad SMARTS) is 1. The minimum absolute atomic E-state index is 0.172. The average molecular weight is 383 g/mol. The number of carbonyl (C=O) groups is 1. The molecule has 138 valence electrons. The Morgan fingerprint density at radius 2 is 1.93 bits per heavy atom. The molecule has 0 saturated carbocycles. The molecule has 0 bridgehead atoms. The number of aromatic carboxylic acids is 1. The third kappa shape index (κ3) is 3.78. The Kier molecular flexibility index (Phi) is 5.72. The van der Waals surface area contributed by atoms with Crippen LogP contribution in [0, 0.1) is 0 Å². The normalized spacial score (nSPS) is 11.3. The lowest BCUT2D eigenvalue weighted by Crippen LogP contribution is -2.24. The molecule has 6 heteroatoms. The molecule has 1 heterocycles. The Balaban J connectivity index is 2.41. The van der Waals surface area contributed by atoms with E-state index in [1.165, 1.54) is 0 Å². The second-order valence-corrected chi connectivity index (χ2v) is 6.58. The largest absolute Gasteiger partial charge is 0.476 e. The molecule has 0 saturated heterocycles. The Labute approximate surface area is 161 Å². The fourth-order valence-electron chi connectivity index (χ4n) is 3.00. The lowest BCUT2D eigenvalue weighted by Gasteiger charge is -2.14. The van der Waals surface area contributed by atoms with E-state index in [1.54, 1.807) is 36.5 Å². The summed E-state index contributed by atoms with van der Waals surface area (Å²) in [7, 11) is 0. The SMILES string of the molecule is CCCC/C=N/n1c(C(=O)O)c(-c2ccccc2)c2cc(Cl)ccc2c1=O. The van der Waals surface area contributed by atoms with Crippen LogP contribution in [-0.4, -0.2) is 22.0 Å². The van der Waals surface area contributed by atoms with Crippen LogP contribution in [0.3, 0.4) is 0 Å². The smallest absolute Gasteiger partial charge is 0.355 e. The molecule has 0 amide bonds. The van der Waals surface area contributed by atoms with Crippen LogP contribution in [0.2, 0.25) is 5.02 Å². The summed E-state index contributed by atoms with van der Waals surface area (Å²) < 4.78 is 0.983. The summed E-state index contributed by atoms with van der Waals surface area (Å²) in [5.74, 6) is -1.22. The van der Waals surface area contributed by atoms with E-state index in [-0.39, 0.29) is 5.69 Å². The van der Waals surface area contributed by atoms with Crippen molar-refractivity contribution < 1.29 is 9.90 Å². The van der Waals surface area contributed by atoms with Crippen LogP contribution < -0.4 is 5.56 Å². The van der Waals surface area contributed by atoms with Crippen molar-refractivity contribution in [2.24, 2.45) is 5.10 Å². The highest BCUT2D eigenvalue weighted by atomic mass is 35.5. The molecular weight excluding hydrogens is 364 g/mol. The lowest BCUT2D eigenvalue weighted by molar-refractivity contribution is 0.0686. The van der Waals surface area contributed by atoms with Crippen molar-refractivity contribution in [3.8, 4) is 11.1 Å². The highest BCUT2D eigenvalue weighted by molar-refractivity contribution is 6.31. The molecule has 0 fully saturated rings. The number of benzene rings is 2. The number of hydrogen-bond donors (Lipinski definition) is 1. The number of rotatable bonds is 6. The van der Waals surface area contributed by atoms with E-state index in [0.29, 0.717) is 33.3 Å². The van der Waals surface area contributed by atoms with Gasteiger partial charge in [-0.3, -0.25) is 4.79 Å². The van der Waals surface area contributed by atoms with Crippen LogP contribution in [-0.2, 0) is 0 Å². The van der Waals surface area contributed by atoms with Gasteiger partial charge in [0.2, 0.25) is 0 Å². The topological polar surface area (TPSA) is 71.7 Å². The van der Waals surface area contributed by atoms with Crippen LogP contribution in [0.4, 0.5) is 0 Å². The van der Waals surface area contributed by atoms with Gasteiger partial charge in [0.05, 0.1) is 0 Å². The second kappa shape index (κ2) is 8.18. The predicted octanol–water partition coefficient (Wildman–Crippen LogP) is 5.04. The zero-order valence-corrected chi connectivity index (χ0v) is 15.6. The summed E-state index contributed by atoms with van der Waals surface area (Å²) in [6.07, 6.45) is 4.16. The van der Waals surface area contributed by atoms with Crippen LogP contribution >= 0.6 is 11.6 Å². The summed E-state index contributed by atoms with van der Waals surface area (Å²) in [6.45, 7) is 2.05. The van der Waals surface area contributed by atoms with Crippen molar-refractivity contribution in [2.45, 2.75) is 26.2 Å². The fourth-order valence-corrected chi connectivity index (χ4v) is 3.17. The molecule has 2 aromatic carbocycles. The van der Waals surface area contributed by atoms with Crippen LogP contribution in [0.1, 0.15) is 36.7 Å². The quantitative estimate of drug-likeness (QED) is 0.479. The van der Waals surface area contributed by atoms with Crippen LogP contribution in [0.15, 0.2) is 58.4 Å². The maximum atomic E-state index is 13.0. The third-order valence-electron chi connectivity index (χ3n) is 4.27. The van der Waals surface area contributed by atoms with Gasteiger partial charge in [-0.15, -0.1) is 0 Å². The zero-order valence-electron chi connectivity index (χ0n) is 14.9. The molecule has 0 aliphatic carbocycles. The Hall–Kier alpha value is -2.92. The fraction of sp³-hybridized carbons (Fsp3) is 0.190. The van der Waals surface area contributed by atoms with E-state index in [0.717, 1.165) is 17.5 Å². The van der Waals surface area contributed by atoms with Gasteiger partial charge in [0.15, 0.2) is 5.69 Å². The van der Waals surface area contributed by atoms with E-state index in [9.17, 15) is 14.7 Å². The molecule has 0 aliphatic rings. The van der Waals surface area contributed by atoms with E-state index >= 15 is 0 Å². The summed E-state index contributed by atoms with van der Waals surface area (Å²) in [4.78, 5) is 25.1. The first-order valence-corrected chi connectivity index (χ1v) is 9.12. The van der Waals surface area contributed by atoms with Crippen molar-refractivity contribution >= 4 is 34.6 Å². The van der Waals surface area contributed by atoms with E-state index < -0.39 is 11.5 Å². The number of unbranched alkanes of at least 4 members (excludes halogenated alkanes) is 2. The van der Waals surface area contributed by atoms with Gasteiger partial charge >= 0.3 is 5.97 Å². The first kappa shape index (κ1) is 18.9.